The maximum atomic E-state index is 12.8. The van der Waals surface area contributed by atoms with Gasteiger partial charge in [0.15, 0.2) is 0 Å². The Bertz CT molecular complexity index is 463. The lowest BCUT2D eigenvalue weighted by molar-refractivity contribution is -0.140. The zero-order valence-electron chi connectivity index (χ0n) is 12.2. The predicted octanol–water partition coefficient (Wildman–Crippen LogP) is 2.64. The topological polar surface area (TPSA) is 45.5 Å². The molecule has 4 heteroatoms. The van der Waals surface area contributed by atoms with Gasteiger partial charge in [-0.25, -0.2) is 0 Å². The standard InChI is InChI=1S/C16H24N2O2/c1-12-5-6-15(20-12)14-4-2-3-11-18(14)16(19)13-7-9-17-10-8-13/h5-6,13-14,17H,2-4,7-11H2,1H3. The van der Waals surface area contributed by atoms with Crippen LogP contribution in [0.5, 0.6) is 0 Å². The highest BCUT2D eigenvalue weighted by Crippen LogP contribution is 2.34. The lowest BCUT2D eigenvalue weighted by Gasteiger charge is -2.37. The van der Waals surface area contributed by atoms with E-state index >= 15 is 0 Å². The number of furan rings is 1. The van der Waals surface area contributed by atoms with Gasteiger partial charge in [0.2, 0.25) is 5.91 Å². The molecule has 2 aliphatic rings. The van der Waals surface area contributed by atoms with Gasteiger partial charge in [0.05, 0.1) is 6.04 Å². The van der Waals surface area contributed by atoms with Crippen molar-refractivity contribution in [2.45, 2.75) is 45.1 Å². The molecule has 1 amide bonds. The van der Waals surface area contributed by atoms with Gasteiger partial charge in [0.25, 0.3) is 0 Å². The van der Waals surface area contributed by atoms with E-state index in [4.69, 9.17) is 4.42 Å². The summed E-state index contributed by atoms with van der Waals surface area (Å²) in [7, 11) is 0. The van der Waals surface area contributed by atoms with E-state index in [2.05, 4.69) is 10.2 Å². The van der Waals surface area contributed by atoms with Crippen LogP contribution in [0, 0.1) is 12.8 Å². The summed E-state index contributed by atoms with van der Waals surface area (Å²) in [6.45, 7) is 4.78. The average molecular weight is 276 g/mol. The quantitative estimate of drug-likeness (QED) is 0.903. The molecule has 1 atom stereocenters. The summed E-state index contributed by atoms with van der Waals surface area (Å²) in [6, 6.07) is 4.19. The van der Waals surface area contributed by atoms with E-state index in [1.54, 1.807) is 0 Å². The van der Waals surface area contributed by atoms with E-state index in [9.17, 15) is 4.79 Å². The minimum atomic E-state index is 0.153. The molecular weight excluding hydrogens is 252 g/mol. The number of carbonyl (C=O) groups is 1. The smallest absolute Gasteiger partial charge is 0.226 e. The lowest BCUT2D eigenvalue weighted by Crippen LogP contribution is -2.44. The second-order valence-electron chi connectivity index (χ2n) is 6.02. The molecule has 1 aromatic heterocycles. The molecule has 2 saturated heterocycles. The largest absolute Gasteiger partial charge is 0.464 e. The van der Waals surface area contributed by atoms with Crippen molar-refractivity contribution in [2.75, 3.05) is 19.6 Å². The molecule has 3 rings (SSSR count). The average Bonchev–Trinajstić information content (AvgIpc) is 2.94. The molecule has 1 N–H and O–H groups in total. The molecule has 0 radical (unpaired) electrons. The van der Waals surface area contributed by atoms with E-state index in [0.717, 1.165) is 56.8 Å². The fraction of sp³-hybridized carbons (Fsp3) is 0.688. The molecular formula is C16H24N2O2. The van der Waals surface area contributed by atoms with Crippen LogP contribution in [-0.2, 0) is 4.79 Å². The van der Waals surface area contributed by atoms with Crippen LogP contribution in [0.15, 0.2) is 16.5 Å². The minimum absolute atomic E-state index is 0.153. The third kappa shape index (κ3) is 2.75. The van der Waals surface area contributed by atoms with Crippen molar-refractivity contribution in [1.29, 1.82) is 0 Å². The van der Waals surface area contributed by atoms with E-state index < -0.39 is 0 Å². The summed E-state index contributed by atoms with van der Waals surface area (Å²) >= 11 is 0. The molecule has 4 nitrogen and oxygen atoms in total. The van der Waals surface area contributed by atoms with Crippen molar-refractivity contribution < 1.29 is 9.21 Å². The van der Waals surface area contributed by atoms with Gasteiger partial charge in [-0.3, -0.25) is 4.79 Å². The highest BCUT2D eigenvalue weighted by atomic mass is 16.3. The van der Waals surface area contributed by atoms with Gasteiger partial charge in [0, 0.05) is 12.5 Å². The normalized spacial score (nSPS) is 24.9. The van der Waals surface area contributed by atoms with Gasteiger partial charge in [-0.05, 0) is 64.3 Å². The molecule has 0 aliphatic carbocycles. The molecule has 0 saturated carbocycles. The van der Waals surface area contributed by atoms with E-state index in [1.807, 2.05) is 19.1 Å². The van der Waals surface area contributed by atoms with Crippen molar-refractivity contribution in [3.05, 3.63) is 23.7 Å². The van der Waals surface area contributed by atoms with Crippen LogP contribution in [0.3, 0.4) is 0 Å². The highest BCUT2D eigenvalue weighted by Gasteiger charge is 2.34. The van der Waals surface area contributed by atoms with Crippen molar-refractivity contribution in [2.24, 2.45) is 5.92 Å². The van der Waals surface area contributed by atoms with Gasteiger partial charge >= 0.3 is 0 Å². The number of nitrogens with one attached hydrogen (secondary N) is 1. The van der Waals surface area contributed by atoms with Crippen LogP contribution in [0.2, 0.25) is 0 Å². The van der Waals surface area contributed by atoms with E-state index in [-0.39, 0.29) is 12.0 Å². The molecule has 0 aromatic carbocycles. The van der Waals surface area contributed by atoms with Crippen molar-refractivity contribution in [3.63, 3.8) is 0 Å². The first-order valence-corrected chi connectivity index (χ1v) is 7.83. The van der Waals surface area contributed by atoms with Crippen molar-refractivity contribution in [1.82, 2.24) is 10.2 Å². The van der Waals surface area contributed by atoms with Gasteiger partial charge in [-0.15, -0.1) is 0 Å². The Morgan fingerprint density at radius 2 is 2.05 bits per heavy atom. The fourth-order valence-electron chi connectivity index (χ4n) is 3.43. The maximum Gasteiger partial charge on any atom is 0.226 e. The number of rotatable bonds is 2. The Kier molecular flexibility index (Phi) is 4.10. The van der Waals surface area contributed by atoms with Crippen LogP contribution in [0.1, 0.15) is 49.7 Å². The number of hydrogen-bond donors (Lipinski definition) is 1. The van der Waals surface area contributed by atoms with Crippen LogP contribution in [-0.4, -0.2) is 30.4 Å². The van der Waals surface area contributed by atoms with Crippen LogP contribution in [0.4, 0.5) is 0 Å². The van der Waals surface area contributed by atoms with Crippen LogP contribution < -0.4 is 5.32 Å². The first-order chi connectivity index (χ1) is 9.75. The zero-order valence-corrected chi connectivity index (χ0v) is 12.2. The number of nitrogens with zero attached hydrogens (tertiary/aromatic N) is 1. The zero-order chi connectivity index (χ0) is 13.9. The second kappa shape index (κ2) is 6.00. The molecule has 1 unspecified atom stereocenters. The van der Waals surface area contributed by atoms with Gasteiger partial charge in [-0.1, -0.05) is 0 Å². The Balaban J connectivity index is 1.76. The molecule has 20 heavy (non-hydrogen) atoms. The first-order valence-electron chi connectivity index (χ1n) is 7.83. The predicted molar refractivity (Wildman–Crippen MR) is 77.3 cm³/mol. The Morgan fingerprint density at radius 3 is 2.75 bits per heavy atom. The molecule has 0 bridgehead atoms. The third-order valence-corrected chi connectivity index (χ3v) is 4.56. The molecule has 0 spiro atoms. The van der Waals surface area contributed by atoms with E-state index in [0.29, 0.717) is 5.91 Å². The number of aryl methyl sites for hydroxylation is 1. The summed E-state index contributed by atoms with van der Waals surface area (Å²) < 4.78 is 5.78. The summed E-state index contributed by atoms with van der Waals surface area (Å²) in [5.74, 6) is 2.43. The third-order valence-electron chi connectivity index (χ3n) is 4.56. The summed E-state index contributed by atoms with van der Waals surface area (Å²) in [6.07, 6.45) is 5.27. The Labute approximate surface area is 120 Å². The highest BCUT2D eigenvalue weighted by molar-refractivity contribution is 5.79. The van der Waals surface area contributed by atoms with Gasteiger partial charge in [-0.2, -0.15) is 0 Å². The number of carbonyl (C=O) groups excluding carboxylic acids is 1. The molecule has 1 aromatic rings. The van der Waals surface area contributed by atoms with E-state index in [1.165, 1.54) is 6.42 Å². The maximum absolute atomic E-state index is 12.8. The number of piperidine rings is 2. The van der Waals surface area contributed by atoms with Crippen molar-refractivity contribution in [3.8, 4) is 0 Å². The SMILES string of the molecule is Cc1ccc(C2CCCCN2C(=O)C2CCNCC2)o1. The van der Waals surface area contributed by atoms with Gasteiger partial charge in [0.1, 0.15) is 11.5 Å². The molecule has 3 heterocycles. The summed E-state index contributed by atoms with van der Waals surface area (Å²) in [5, 5.41) is 3.33. The Hall–Kier alpha value is -1.29. The second-order valence-corrected chi connectivity index (χ2v) is 6.02. The van der Waals surface area contributed by atoms with Crippen LogP contribution >= 0.6 is 0 Å². The number of hydrogen-bond acceptors (Lipinski definition) is 3. The monoisotopic (exact) mass is 276 g/mol. The first kappa shape index (κ1) is 13.7. The molecule has 110 valence electrons. The fourth-order valence-corrected chi connectivity index (χ4v) is 3.43. The Morgan fingerprint density at radius 1 is 1.25 bits per heavy atom. The number of amides is 1. The van der Waals surface area contributed by atoms with Gasteiger partial charge < -0.3 is 14.6 Å². The summed E-state index contributed by atoms with van der Waals surface area (Å²) in [4.78, 5) is 14.9. The number of likely N-dealkylation sites (tertiary alicyclic amines) is 1. The lowest BCUT2D eigenvalue weighted by atomic mass is 9.92. The van der Waals surface area contributed by atoms with Crippen molar-refractivity contribution >= 4 is 5.91 Å². The molecule has 2 fully saturated rings. The molecule has 2 aliphatic heterocycles. The summed E-state index contributed by atoms with van der Waals surface area (Å²) in [5.41, 5.74) is 0. The minimum Gasteiger partial charge on any atom is -0.464 e. The van der Waals surface area contributed by atoms with Crippen LogP contribution in [0.25, 0.3) is 0 Å².